The molecule has 0 rings (SSSR count). The molecule has 370 valence electrons. The summed E-state index contributed by atoms with van der Waals surface area (Å²) in [5.41, 5.74) is 0. The molecule has 0 N–H and O–H groups in total. The number of rotatable bonds is 43. The number of ether oxygens (including phenoxy) is 3. The minimum Gasteiger partial charge on any atom is -0.462 e. The Bertz CT molecular complexity index is 1620. The molecule has 1 atom stereocenters. The molecular weight excluding hydrogens is 829 g/mol. The Balaban J connectivity index is 4.67. The Labute approximate surface area is 409 Å². The number of allylic oxidation sites excluding steroid dienone is 26. The highest BCUT2D eigenvalue weighted by molar-refractivity contribution is 5.72. The minimum atomic E-state index is -0.887. The first-order valence-electron chi connectivity index (χ1n) is 25.6. The summed E-state index contributed by atoms with van der Waals surface area (Å²) in [5.74, 6) is -1.26. The van der Waals surface area contributed by atoms with Crippen LogP contribution < -0.4 is 0 Å². The van der Waals surface area contributed by atoms with E-state index in [1.54, 1.807) is 12.2 Å². The molecule has 1 unspecified atom stereocenters. The molecular formula is C61H90O6. The Hall–Kier alpha value is -5.23. The van der Waals surface area contributed by atoms with E-state index in [1.807, 2.05) is 12.2 Å². The number of hydrogen-bond acceptors (Lipinski definition) is 6. The van der Waals surface area contributed by atoms with Gasteiger partial charge in [-0.25, -0.2) is 0 Å². The lowest BCUT2D eigenvalue weighted by Gasteiger charge is -2.17. The zero-order valence-corrected chi connectivity index (χ0v) is 42.1. The molecule has 67 heavy (non-hydrogen) atoms. The van der Waals surface area contributed by atoms with Gasteiger partial charge in [0, 0.05) is 6.42 Å². The van der Waals surface area contributed by atoms with E-state index in [0.717, 1.165) is 109 Å². The third-order valence-electron chi connectivity index (χ3n) is 9.76. The molecule has 0 aromatic heterocycles. The molecule has 0 aliphatic carbocycles. The van der Waals surface area contributed by atoms with E-state index in [0.29, 0.717) is 19.3 Å². The van der Waals surface area contributed by atoms with Crippen LogP contribution >= 0.6 is 0 Å². The van der Waals surface area contributed by atoms with Crippen molar-refractivity contribution < 1.29 is 28.6 Å². The summed E-state index contributed by atoms with van der Waals surface area (Å²) in [5, 5.41) is 0. The van der Waals surface area contributed by atoms with Crippen LogP contribution in [0.3, 0.4) is 0 Å². The van der Waals surface area contributed by atoms with Crippen LogP contribution in [0, 0.1) is 0 Å². The highest BCUT2D eigenvalue weighted by Gasteiger charge is 2.19. The van der Waals surface area contributed by atoms with Crippen LogP contribution in [0.25, 0.3) is 0 Å². The second-order valence-corrected chi connectivity index (χ2v) is 16.0. The third kappa shape index (κ3) is 51.6. The van der Waals surface area contributed by atoms with Crippen molar-refractivity contribution in [1.29, 1.82) is 0 Å². The van der Waals surface area contributed by atoms with Gasteiger partial charge < -0.3 is 14.2 Å². The van der Waals surface area contributed by atoms with Gasteiger partial charge in [-0.2, -0.15) is 0 Å². The van der Waals surface area contributed by atoms with Gasteiger partial charge in [-0.1, -0.05) is 217 Å². The summed E-state index contributed by atoms with van der Waals surface area (Å²) < 4.78 is 16.6. The van der Waals surface area contributed by atoms with Gasteiger partial charge >= 0.3 is 17.9 Å². The first kappa shape index (κ1) is 61.8. The molecule has 0 aliphatic rings. The molecule has 0 aromatic rings. The molecule has 6 nitrogen and oxygen atoms in total. The maximum atomic E-state index is 12.7. The number of carbonyl (C=O) groups is 3. The Morgan fingerprint density at radius 3 is 0.970 bits per heavy atom. The monoisotopic (exact) mass is 919 g/mol. The van der Waals surface area contributed by atoms with E-state index < -0.39 is 18.0 Å². The van der Waals surface area contributed by atoms with Crippen molar-refractivity contribution in [3.63, 3.8) is 0 Å². The number of esters is 3. The predicted molar refractivity (Wildman–Crippen MR) is 288 cm³/mol. The highest BCUT2D eigenvalue weighted by Crippen LogP contribution is 2.11. The maximum absolute atomic E-state index is 12.7. The Kier molecular flexibility index (Phi) is 49.2. The Morgan fingerprint density at radius 1 is 0.313 bits per heavy atom. The van der Waals surface area contributed by atoms with Crippen LogP contribution in [0.5, 0.6) is 0 Å². The summed E-state index contributed by atoms with van der Waals surface area (Å²) in [6.45, 7) is 6.07. The number of unbranched alkanes of at least 4 members (excludes halogenated alkanes) is 6. The average molecular weight is 919 g/mol. The molecule has 0 radical (unpaired) electrons. The third-order valence-corrected chi connectivity index (χ3v) is 9.76. The predicted octanol–water partition coefficient (Wildman–Crippen LogP) is 17.2. The smallest absolute Gasteiger partial charge is 0.310 e. The lowest BCUT2D eigenvalue weighted by Crippen LogP contribution is -2.30. The molecule has 0 fully saturated rings. The zero-order chi connectivity index (χ0) is 48.6. The first-order valence-corrected chi connectivity index (χ1v) is 25.6. The van der Waals surface area contributed by atoms with Gasteiger partial charge in [0.2, 0.25) is 0 Å². The lowest BCUT2D eigenvalue weighted by molar-refractivity contribution is -0.166. The normalized spacial score (nSPS) is 13.5. The first-order chi connectivity index (χ1) is 33.0. The van der Waals surface area contributed by atoms with E-state index in [9.17, 15) is 14.4 Å². The maximum Gasteiger partial charge on any atom is 0.310 e. The SMILES string of the molecule is CC/C=C\C/C=C\C/C=C\C/C=C\C/C=C\CC(=O)OCC(COC(=O)CCCCCCCC/C=C\C/C=C\C/C=C\C/C=C\CC)OC(=O)C/C=C\C/C=C\C/C=C\C/C=C\C/C=C\CC. The van der Waals surface area contributed by atoms with Crippen molar-refractivity contribution in [3.8, 4) is 0 Å². The molecule has 0 aromatic carbocycles. The van der Waals surface area contributed by atoms with E-state index in [2.05, 4.69) is 167 Å². The summed E-state index contributed by atoms with van der Waals surface area (Å²) in [6.07, 6.45) is 79.6. The van der Waals surface area contributed by atoms with Crippen LogP contribution in [0.4, 0.5) is 0 Å². The van der Waals surface area contributed by atoms with E-state index in [4.69, 9.17) is 14.2 Å². The van der Waals surface area contributed by atoms with Crippen molar-refractivity contribution >= 4 is 17.9 Å². The second kappa shape index (κ2) is 53.4. The Morgan fingerprint density at radius 2 is 0.597 bits per heavy atom. The van der Waals surface area contributed by atoms with Crippen LogP contribution in [0.2, 0.25) is 0 Å². The van der Waals surface area contributed by atoms with E-state index in [1.165, 1.54) is 12.8 Å². The molecule has 0 aliphatic heterocycles. The standard InChI is InChI=1S/C61H90O6/c1-4-7-10-13-16-19-22-25-28-29-30-31-34-36-39-42-45-48-51-54-60(63)66-57-58(67-61(64)55-52-49-46-43-40-37-33-27-24-21-18-15-12-9-6-3)56-65-59(62)53-50-47-44-41-38-35-32-26-23-20-17-14-11-8-5-2/h7-12,16-21,25-28,30-33,38,40-41,43,47,49-50,52,58H,4-6,13-15,22-24,29,34-37,39,42,44-46,48,51,53-57H2,1-3H3/b10-7-,11-8-,12-9-,19-16-,20-17-,21-18-,28-25-,31-30-,32-26-,33-27-,41-38-,43-40-,50-47-,52-49-. The van der Waals surface area contributed by atoms with E-state index >= 15 is 0 Å². The number of hydrogen-bond donors (Lipinski definition) is 0. The lowest BCUT2D eigenvalue weighted by atomic mass is 10.1. The summed E-state index contributed by atoms with van der Waals surface area (Å²) in [4.78, 5) is 37.9. The number of carbonyl (C=O) groups excluding carboxylic acids is 3. The summed E-state index contributed by atoms with van der Waals surface area (Å²) in [7, 11) is 0. The van der Waals surface area contributed by atoms with Crippen molar-refractivity contribution in [2.45, 2.75) is 181 Å². The molecule has 6 heteroatoms. The fourth-order valence-corrected chi connectivity index (χ4v) is 6.05. The van der Waals surface area contributed by atoms with E-state index in [-0.39, 0.29) is 32.0 Å². The van der Waals surface area contributed by atoms with Gasteiger partial charge in [-0.15, -0.1) is 0 Å². The van der Waals surface area contributed by atoms with Gasteiger partial charge in [0.05, 0.1) is 12.8 Å². The van der Waals surface area contributed by atoms with Crippen molar-refractivity contribution in [3.05, 3.63) is 170 Å². The van der Waals surface area contributed by atoms with Gasteiger partial charge in [0.1, 0.15) is 13.2 Å². The molecule has 0 heterocycles. The summed E-state index contributed by atoms with van der Waals surface area (Å²) in [6, 6.07) is 0. The molecule has 0 saturated heterocycles. The molecule has 0 bridgehead atoms. The van der Waals surface area contributed by atoms with Gasteiger partial charge in [-0.05, 0) is 109 Å². The summed E-state index contributed by atoms with van der Waals surface area (Å²) >= 11 is 0. The molecule has 0 saturated carbocycles. The van der Waals surface area contributed by atoms with Crippen LogP contribution in [-0.2, 0) is 28.6 Å². The topological polar surface area (TPSA) is 78.9 Å². The fourth-order valence-electron chi connectivity index (χ4n) is 6.05. The van der Waals surface area contributed by atoms with Gasteiger partial charge in [0.15, 0.2) is 6.10 Å². The quantitative estimate of drug-likeness (QED) is 0.0262. The fraction of sp³-hybridized carbons (Fsp3) is 0.492. The average Bonchev–Trinajstić information content (AvgIpc) is 3.33. The van der Waals surface area contributed by atoms with Crippen molar-refractivity contribution in [2.24, 2.45) is 0 Å². The van der Waals surface area contributed by atoms with Gasteiger partial charge in [-0.3, -0.25) is 14.4 Å². The highest BCUT2D eigenvalue weighted by atomic mass is 16.6. The van der Waals surface area contributed by atoms with Crippen LogP contribution in [-0.4, -0.2) is 37.2 Å². The zero-order valence-electron chi connectivity index (χ0n) is 42.1. The van der Waals surface area contributed by atoms with Crippen molar-refractivity contribution in [1.82, 2.24) is 0 Å². The van der Waals surface area contributed by atoms with Crippen LogP contribution in [0.15, 0.2) is 170 Å². The molecule has 0 amide bonds. The van der Waals surface area contributed by atoms with Gasteiger partial charge in [0.25, 0.3) is 0 Å². The molecule has 0 spiro atoms. The van der Waals surface area contributed by atoms with Crippen LogP contribution in [0.1, 0.15) is 175 Å². The largest absolute Gasteiger partial charge is 0.462 e. The van der Waals surface area contributed by atoms with Crippen molar-refractivity contribution in [2.75, 3.05) is 13.2 Å². The second-order valence-electron chi connectivity index (χ2n) is 16.0. The minimum absolute atomic E-state index is 0.0649.